The lowest BCUT2D eigenvalue weighted by Crippen LogP contribution is -1.88. The summed E-state index contributed by atoms with van der Waals surface area (Å²) in [5, 5.41) is 9.20. The van der Waals surface area contributed by atoms with Gasteiger partial charge in [-0.05, 0) is 18.2 Å². The number of nitrogens with zero attached hydrogens (tertiary/aromatic N) is 1. The summed E-state index contributed by atoms with van der Waals surface area (Å²) in [6.45, 7) is -0.250. The predicted octanol–water partition coefficient (Wildman–Crippen LogP) is 2.63. The van der Waals surface area contributed by atoms with Crippen molar-refractivity contribution in [1.29, 1.82) is 0 Å². The van der Waals surface area contributed by atoms with Gasteiger partial charge in [-0.25, -0.2) is 9.37 Å². The van der Waals surface area contributed by atoms with Gasteiger partial charge in [0.05, 0.1) is 11.6 Å². The van der Waals surface area contributed by atoms with E-state index in [0.29, 0.717) is 17.0 Å². The maximum atomic E-state index is 12.8. The average Bonchev–Trinajstić information content (AvgIpc) is 2.65. The van der Waals surface area contributed by atoms with Crippen LogP contribution >= 0.6 is 11.6 Å². The Kier molecular flexibility index (Phi) is 2.70. The summed E-state index contributed by atoms with van der Waals surface area (Å²) in [5.41, 5.74) is 0.892. The highest BCUT2D eigenvalue weighted by molar-refractivity contribution is 6.33. The van der Waals surface area contributed by atoms with E-state index in [2.05, 4.69) is 4.98 Å². The molecule has 0 saturated carbocycles. The minimum Gasteiger partial charge on any atom is -0.443 e. The van der Waals surface area contributed by atoms with Gasteiger partial charge in [-0.3, -0.25) is 0 Å². The minimum atomic E-state index is -0.422. The Morgan fingerprint density at radius 1 is 1.47 bits per heavy atom. The molecule has 1 aromatic heterocycles. The molecule has 2 rings (SSSR count). The SMILES string of the molecule is OCc1ncoc1-c1ccc(F)cc1Cl. The van der Waals surface area contributed by atoms with Gasteiger partial charge >= 0.3 is 0 Å². The van der Waals surface area contributed by atoms with Crippen LogP contribution in [0.15, 0.2) is 29.0 Å². The Bertz CT molecular complexity index is 484. The lowest BCUT2D eigenvalue weighted by Gasteiger charge is -2.01. The highest BCUT2D eigenvalue weighted by atomic mass is 35.5. The third-order valence-electron chi connectivity index (χ3n) is 1.97. The molecule has 0 aliphatic carbocycles. The quantitative estimate of drug-likeness (QED) is 0.858. The van der Waals surface area contributed by atoms with E-state index in [1.807, 2.05) is 0 Å². The Morgan fingerprint density at radius 3 is 2.93 bits per heavy atom. The second kappa shape index (κ2) is 4.00. The second-order valence-electron chi connectivity index (χ2n) is 2.91. The van der Waals surface area contributed by atoms with Gasteiger partial charge in [0.25, 0.3) is 0 Å². The molecular formula is C10H7ClFNO2. The van der Waals surface area contributed by atoms with Gasteiger partial charge in [-0.15, -0.1) is 0 Å². The number of hydrogen-bond acceptors (Lipinski definition) is 3. The zero-order valence-corrected chi connectivity index (χ0v) is 8.33. The van der Waals surface area contributed by atoms with Crippen LogP contribution in [0.5, 0.6) is 0 Å². The van der Waals surface area contributed by atoms with E-state index in [1.165, 1.54) is 24.6 Å². The van der Waals surface area contributed by atoms with Crippen LogP contribution in [0.2, 0.25) is 5.02 Å². The molecule has 1 N–H and O–H groups in total. The number of oxazole rings is 1. The van der Waals surface area contributed by atoms with Crippen molar-refractivity contribution in [2.45, 2.75) is 6.61 Å². The van der Waals surface area contributed by atoms with Crippen LogP contribution < -0.4 is 0 Å². The van der Waals surface area contributed by atoms with Crippen LogP contribution in [-0.2, 0) is 6.61 Å². The Labute approximate surface area is 90.1 Å². The first-order valence-corrected chi connectivity index (χ1v) is 4.59. The van der Waals surface area contributed by atoms with Gasteiger partial charge in [0.1, 0.15) is 11.5 Å². The summed E-state index contributed by atoms with van der Waals surface area (Å²) in [5.74, 6) is -0.0590. The van der Waals surface area contributed by atoms with Crippen LogP contribution in [0.25, 0.3) is 11.3 Å². The lowest BCUT2D eigenvalue weighted by atomic mass is 10.1. The fourth-order valence-corrected chi connectivity index (χ4v) is 1.53. The third-order valence-corrected chi connectivity index (χ3v) is 2.28. The maximum absolute atomic E-state index is 12.8. The summed E-state index contributed by atoms with van der Waals surface area (Å²) in [7, 11) is 0. The van der Waals surface area contributed by atoms with Crippen LogP contribution in [0, 0.1) is 5.82 Å². The predicted molar refractivity (Wildman–Crippen MR) is 52.8 cm³/mol. The molecule has 2 aromatic rings. The Balaban J connectivity index is 2.54. The molecule has 0 amide bonds. The molecule has 15 heavy (non-hydrogen) atoms. The summed E-state index contributed by atoms with van der Waals surface area (Å²) in [6.07, 6.45) is 1.21. The van der Waals surface area contributed by atoms with Crippen molar-refractivity contribution in [3.8, 4) is 11.3 Å². The summed E-state index contributed by atoms with van der Waals surface area (Å²) in [6, 6.07) is 3.93. The van der Waals surface area contributed by atoms with Crippen molar-refractivity contribution in [1.82, 2.24) is 4.98 Å². The molecule has 3 nitrogen and oxygen atoms in total. The van der Waals surface area contributed by atoms with Crippen LogP contribution in [0.4, 0.5) is 4.39 Å². The van der Waals surface area contributed by atoms with Crippen molar-refractivity contribution < 1.29 is 13.9 Å². The molecular weight excluding hydrogens is 221 g/mol. The molecule has 0 saturated heterocycles. The van der Waals surface area contributed by atoms with E-state index in [1.54, 1.807) is 0 Å². The Morgan fingerprint density at radius 2 is 2.27 bits per heavy atom. The molecule has 1 aromatic carbocycles. The summed E-state index contributed by atoms with van der Waals surface area (Å²) in [4.78, 5) is 3.81. The monoisotopic (exact) mass is 227 g/mol. The highest BCUT2D eigenvalue weighted by Gasteiger charge is 2.13. The van der Waals surface area contributed by atoms with Gasteiger partial charge in [0.2, 0.25) is 0 Å². The van der Waals surface area contributed by atoms with E-state index >= 15 is 0 Å². The zero-order chi connectivity index (χ0) is 10.8. The van der Waals surface area contributed by atoms with Crippen LogP contribution in [-0.4, -0.2) is 10.1 Å². The van der Waals surface area contributed by atoms with Crippen molar-refractivity contribution in [3.05, 3.63) is 41.1 Å². The summed E-state index contributed by atoms with van der Waals surface area (Å²) < 4.78 is 17.9. The largest absolute Gasteiger partial charge is 0.443 e. The fraction of sp³-hybridized carbons (Fsp3) is 0.100. The molecule has 0 fully saturated rings. The molecule has 0 aliphatic heterocycles. The molecule has 0 radical (unpaired) electrons. The number of aliphatic hydroxyl groups is 1. The number of aliphatic hydroxyl groups excluding tert-OH is 1. The molecule has 0 atom stereocenters. The Hall–Kier alpha value is -1.39. The van der Waals surface area contributed by atoms with Gasteiger partial charge in [-0.2, -0.15) is 0 Å². The first-order valence-electron chi connectivity index (χ1n) is 4.21. The highest BCUT2D eigenvalue weighted by Crippen LogP contribution is 2.30. The number of rotatable bonds is 2. The van der Waals surface area contributed by atoms with Gasteiger partial charge in [0, 0.05) is 5.56 Å². The number of benzene rings is 1. The summed E-state index contributed by atoms with van der Waals surface area (Å²) >= 11 is 5.84. The van der Waals surface area contributed by atoms with Crippen molar-refractivity contribution in [2.75, 3.05) is 0 Å². The van der Waals surface area contributed by atoms with E-state index in [4.69, 9.17) is 21.1 Å². The molecule has 1 heterocycles. The van der Waals surface area contributed by atoms with Crippen molar-refractivity contribution >= 4 is 11.6 Å². The van der Waals surface area contributed by atoms with Gasteiger partial charge in [0.15, 0.2) is 12.2 Å². The van der Waals surface area contributed by atoms with E-state index < -0.39 is 5.82 Å². The first-order chi connectivity index (χ1) is 7.22. The average molecular weight is 228 g/mol. The molecule has 5 heteroatoms. The third kappa shape index (κ3) is 1.86. The number of halogens is 2. The zero-order valence-electron chi connectivity index (χ0n) is 7.58. The maximum Gasteiger partial charge on any atom is 0.181 e. The van der Waals surface area contributed by atoms with E-state index in [0.717, 1.165) is 0 Å². The number of hydrogen-bond donors (Lipinski definition) is 1. The van der Waals surface area contributed by atoms with Crippen LogP contribution in [0.3, 0.4) is 0 Å². The molecule has 0 spiro atoms. The molecule has 78 valence electrons. The van der Waals surface area contributed by atoms with Crippen molar-refractivity contribution in [2.24, 2.45) is 0 Å². The minimum absolute atomic E-state index is 0.224. The van der Waals surface area contributed by atoms with Crippen molar-refractivity contribution in [3.63, 3.8) is 0 Å². The smallest absolute Gasteiger partial charge is 0.181 e. The molecule has 0 aliphatic rings. The van der Waals surface area contributed by atoms with Gasteiger partial charge < -0.3 is 9.52 Å². The van der Waals surface area contributed by atoms with E-state index in [-0.39, 0.29) is 11.6 Å². The molecule has 0 bridgehead atoms. The molecule has 0 unspecified atom stereocenters. The van der Waals surface area contributed by atoms with Gasteiger partial charge in [-0.1, -0.05) is 11.6 Å². The lowest BCUT2D eigenvalue weighted by molar-refractivity contribution is 0.277. The normalized spacial score (nSPS) is 10.6. The number of aromatic nitrogens is 1. The topological polar surface area (TPSA) is 46.3 Å². The van der Waals surface area contributed by atoms with E-state index in [9.17, 15) is 4.39 Å². The standard InChI is InChI=1S/C10H7ClFNO2/c11-8-3-6(12)1-2-7(8)10-9(4-14)13-5-15-10/h1-3,5,14H,4H2. The fourth-order valence-electron chi connectivity index (χ4n) is 1.27. The first kappa shape index (κ1) is 10.1. The second-order valence-corrected chi connectivity index (χ2v) is 3.32. The van der Waals surface area contributed by atoms with Crippen LogP contribution in [0.1, 0.15) is 5.69 Å².